The zero-order valence-electron chi connectivity index (χ0n) is 18.8. The fraction of sp³-hybridized carbons (Fsp3) is 0.231. The van der Waals surface area contributed by atoms with Crippen molar-refractivity contribution in [2.75, 3.05) is 22.5 Å². The van der Waals surface area contributed by atoms with Crippen LogP contribution in [-0.2, 0) is 16.2 Å². The van der Waals surface area contributed by atoms with Gasteiger partial charge < -0.3 is 10.2 Å². The molecule has 2 aliphatic rings. The summed E-state index contributed by atoms with van der Waals surface area (Å²) in [7, 11) is 0. The third kappa shape index (κ3) is 3.62. The SMILES string of the molecule is Cc1cccc(NC(=O)N2CCS[C@@]23C(=O)N(Cc2ccc(F)cc2F)c2ccc(C)cc23)c1. The molecule has 1 fully saturated rings. The summed E-state index contributed by atoms with van der Waals surface area (Å²) in [6.45, 7) is 4.20. The number of urea groups is 1. The van der Waals surface area contributed by atoms with E-state index in [0.29, 0.717) is 29.2 Å². The monoisotopic (exact) mass is 479 g/mol. The van der Waals surface area contributed by atoms with Crippen LogP contribution in [0.25, 0.3) is 0 Å². The number of nitrogens with one attached hydrogen (secondary N) is 1. The lowest BCUT2D eigenvalue weighted by Gasteiger charge is -2.33. The van der Waals surface area contributed by atoms with Gasteiger partial charge in [-0.15, -0.1) is 11.8 Å². The van der Waals surface area contributed by atoms with E-state index in [1.165, 1.54) is 28.8 Å². The predicted molar refractivity (Wildman–Crippen MR) is 130 cm³/mol. The molecule has 2 aliphatic heterocycles. The summed E-state index contributed by atoms with van der Waals surface area (Å²) in [5.74, 6) is -1.11. The van der Waals surface area contributed by atoms with Crippen molar-refractivity contribution in [1.29, 1.82) is 0 Å². The number of anilines is 2. The van der Waals surface area contributed by atoms with Gasteiger partial charge in [0.05, 0.1) is 12.2 Å². The number of thioether (sulfide) groups is 1. The summed E-state index contributed by atoms with van der Waals surface area (Å²) < 4.78 is 27.9. The maximum absolute atomic E-state index is 14.5. The largest absolute Gasteiger partial charge is 0.323 e. The van der Waals surface area contributed by atoms with Crippen LogP contribution in [0.1, 0.15) is 22.3 Å². The number of carbonyl (C=O) groups is 2. The Balaban J connectivity index is 1.54. The number of fused-ring (bicyclic) bond motifs is 2. The van der Waals surface area contributed by atoms with Gasteiger partial charge in [-0.3, -0.25) is 9.69 Å². The maximum atomic E-state index is 14.5. The Labute approximate surface area is 200 Å². The summed E-state index contributed by atoms with van der Waals surface area (Å²) in [6.07, 6.45) is 0. The van der Waals surface area contributed by atoms with E-state index < -0.39 is 16.5 Å². The van der Waals surface area contributed by atoms with Crippen LogP contribution in [0, 0.1) is 25.5 Å². The number of hydrogen-bond acceptors (Lipinski definition) is 3. The molecule has 174 valence electrons. The number of nitrogens with zero attached hydrogens (tertiary/aromatic N) is 2. The first-order valence-corrected chi connectivity index (χ1v) is 11.9. The molecule has 1 N–H and O–H groups in total. The Morgan fingerprint density at radius 2 is 1.85 bits per heavy atom. The molecule has 0 radical (unpaired) electrons. The van der Waals surface area contributed by atoms with Gasteiger partial charge in [0.15, 0.2) is 4.87 Å². The number of hydrogen-bond donors (Lipinski definition) is 1. The van der Waals surface area contributed by atoms with Crippen LogP contribution >= 0.6 is 11.8 Å². The van der Waals surface area contributed by atoms with Crippen molar-refractivity contribution in [2.24, 2.45) is 0 Å². The van der Waals surface area contributed by atoms with Crippen LogP contribution in [0.15, 0.2) is 60.7 Å². The molecule has 0 bridgehead atoms. The van der Waals surface area contributed by atoms with E-state index >= 15 is 0 Å². The van der Waals surface area contributed by atoms with E-state index in [0.717, 1.165) is 17.2 Å². The van der Waals surface area contributed by atoms with Gasteiger partial charge in [-0.25, -0.2) is 13.6 Å². The molecule has 1 spiro atoms. The molecule has 3 aromatic carbocycles. The second kappa shape index (κ2) is 8.43. The number of halogens is 2. The Morgan fingerprint density at radius 1 is 1.06 bits per heavy atom. The second-order valence-electron chi connectivity index (χ2n) is 8.59. The van der Waals surface area contributed by atoms with Crippen LogP contribution in [0.4, 0.5) is 25.0 Å². The summed E-state index contributed by atoms with van der Waals surface area (Å²) in [5.41, 5.74) is 4.15. The standard InChI is InChI=1S/C26H23F2N3O2S/c1-16-4-3-5-20(12-16)29-25(33)31-10-11-34-26(31)21-13-17(2)6-9-23(21)30(24(26)32)15-18-7-8-19(27)14-22(18)28/h3-9,12-14H,10-11,15H2,1-2H3,(H,29,33)/t26-/m0/s1. The molecule has 0 aliphatic carbocycles. The highest BCUT2D eigenvalue weighted by Gasteiger charge is 2.59. The van der Waals surface area contributed by atoms with E-state index in [-0.39, 0.29) is 24.0 Å². The fourth-order valence-corrected chi connectivity index (χ4v) is 6.07. The number of amides is 3. The van der Waals surface area contributed by atoms with Crippen LogP contribution < -0.4 is 10.2 Å². The van der Waals surface area contributed by atoms with Gasteiger partial charge in [0.1, 0.15) is 11.6 Å². The van der Waals surface area contributed by atoms with Crippen molar-refractivity contribution in [1.82, 2.24) is 4.90 Å². The van der Waals surface area contributed by atoms with Crippen molar-refractivity contribution in [3.05, 3.63) is 94.6 Å². The van der Waals surface area contributed by atoms with Crippen molar-refractivity contribution in [2.45, 2.75) is 25.3 Å². The Hall–Kier alpha value is -3.39. The van der Waals surface area contributed by atoms with E-state index in [4.69, 9.17) is 0 Å². The lowest BCUT2D eigenvalue weighted by Crippen LogP contribution is -2.51. The molecular formula is C26H23F2N3O2S. The average molecular weight is 480 g/mol. The van der Waals surface area contributed by atoms with Crippen LogP contribution in [0.5, 0.6) is 0 Å². The Kier molecular flexibility index (Phi) is 5.56. The molecule has 1 atom stereocenters. The highest BCUT2D eigenvalue weighted by molar-refractivity contribution is 8.01. The Morgan fingerprint density at radius 3 is 2.62 bits per heavy atom. The first-order chi connectivity index (χ1) is 16.3. The van der Waals surface area contributed by atoms with E-state index in [2.05, 4.69) is 5.32 Å². The van der Waals surface area contributed by atoms with Gasteiger partial charge in [-0.05, 0) is 43.7 Å². The molecule has 5 rings (SSSR count). The number of benzene rings is 3. The van der Waals surface area contributed by atoms with Crippen molar-refractivity contribution >= 4 is 35.1 Å². The molecule has 1 saturated heterocycles. The van der Waals surface area contributed by atoms with Gasteiger partial charge >= 0.3 is 6.03 Å². The third-order valence-corrected chi connectivity index (χ3v) is 7.63. The van der Waals surface area contributed by atoms with Gasteiger partial charge in [0.25, 0.3) is 5.91 Å². The molecule has 3 aromatic rings. The minimum absolute atomic E-state index is 0.0589. The van der Waals surface area contributed by atoms with Crippen LogP contribution in [-0.4, -0.2) is 29.1 Å². The molecule has 0 unspecified atom stereocenters. The summed E-state index contributed by atoms with van der Waals surface area (Å²) in [4.78, 5) is 29.2. The normalized spacial score (nSPS) is 19.1. The highest BCUT2D eigenvalue weighted by Crippen LogP contribution is 2.54. The minimum atomic E-state index is -1.24. The molecule has 3 amide bonds. The van der Waals surface area contributed by atoms with Gasteiger partial charge in [0, 0.05) is 35.2 Å². The number of aryl methyl sites for hydroxylation is 2. The minimum Gasteiger partial charge on any atom is -0.308 e. The van der Waals surface area contributed by atoms with Gasteiger partial charge in [0.2, 0.25) is 0 Å². The Bertz CT molecular complexity index is 1310. The van der Waals surface area contributed by atoms with Crippen LogP contribution in [0.3, 0.4) is 0 Å². The summed E-state index contributed by atoms with van der Waals surface area (Å²) in [6, 6.07) is 16.1. The lowest BCUT2D eigenvalue weighted by atomic mass is 10.0. The molecule has 5 nitrogen and oxygen atoms in total. The number of rotatable bonds is 3. The van der Waals surface area contributed by atoms with E-state index in [9.17, 15) is 18.4 Å². The summed E-state index contributed by atoms with van der Waals surface area (Å²) in [5, 5.41) is 2.92. The third-order valence-electron chi connectivity index (χ3n) is 6.21. The number of carbonyl (C=O) groups excluding carboxylic acids is 2. The maximum Gasteiger partial charge on any atom is 0.323 e. The molecule has 34 heavy (non-hydrogen) atoms. The topological polar surface area (TPSA) is 52.7 Å². The van der Waals surface area contributed by atoms with Crippen molar-refractivity contribution in [3.8, 4) is 0 Å². The highest BCUT2D eigenvalue weighted by atomic mass is 32.2. The van der Waals surface area contributed by atoms with Crippen molar-refractivity contribution in [3.63, 3.8) is 0 Å². The van der Waals surface area contributed by atoms with Gasteiger partial charge in [-0.2, -0.15) is 0 Å². The first-order valence-electron chi connectivity index (χ1n) is 11.0. The van der Waals surface area contributed by atoms with E-state index in [1.54, 1.807) is 11.0 Å². The molecule has 0 saturated carbocycles. The van der Waals surface area contributed by atoms with E-state index in [1.807, 2.05) is 50.2 Å². The lowest BCUT2D eigenvalue weighted by molar-refractivity contribution is -0.123. The fourth-order valence-electron chi connectivity index (χ4n) is 4.62. The average Bonchev–Trinajstić information content (AvgIpc) is 3.33. The first kappa shape index (κ1) is 22.4. The zero-order valence-corrected chi connectivity index (χ0v) is 19.6. The molecular weight excluding hydrogens is 456 g/mol. The van der Waals surface area contributed by atoms with Crippen LogP contribution in [0.2, 0.25) is 0 Å². The molecule has 8 heteroatoms. The zero-order chi connectivity index (χ0) is 24.0. The second-order valence-corrected chi connectivity index (χ2v) is 9.88. The molecule has 2 heterocycles. The smallest absolute Gasteiger partial charge is 0.308 e. The quantitative estimate of drug-likeness (QED) is 0.535. The van der Waals surface area contributed by atoms with Crippen molar-refractivity contribution < 1.29 is 18.4 Å². The molecule has 0 aromatic heterocycles. The van der Waals surface area contributed by atoms with Gasteiger partial charge in [-0.1, -0.05) is 35.9 Å². The summed E-state index contributed by atoms with van der Waals surface area (Å²) >= 11 is 1.40. The predicted octanol–water partition coefficient (Wildman–Crippen LogP) is 5.56.